The van der Waals surface area contributed by atoms with Crippen molar-refractivity contribution in [2.24, 2.45) is 0 Å². The monoisotopic (exact) mass is 400 g/mol. The highest BCUT2D eigenvalue weighted by Crippen LogP contribution is 2.10. The number of rotatable bonds is 19. The molecule has 0 aliphatic heterocycles. The number of unbranched alkanes of at least 4 members (excludes halogenated alkanes) is 13. The molecule has 0 fully saturated rings. The third-order valence-electron chi connectivity index (χ3n) is 4.70. The van der Waals surface area contributed by atoms with E-state index in [0.717, 1.165) is 25.7 Å². The fourth-order valence-electron chi connectivity index (χ4n) is 2.92. The van der Waals surface area contributed by atoms with Gasteiger partial charge in [-0.1, -0.05) is 104 Å². The van der Waals surface area contributed by atoms with Gasteiger partial charge in [-0.05, 0) is 19.3 Å². The average Bonchev–Trinajstić information content (AvgIpc) is 2.68. The molecule has 0 aliphatic carbocycles. The number of ether oxygens (including phenoxy) is 1. The minimum Gasteiger partial charge on any atom is -0.481 e. The van der Waals surface area contributed by atoms with Crippen LogP contribution >= 0.6 is 0 Å². The average molecular weight is 401 g/mol. The molecule has 4 nitrogen and oxygen atoms in total. The highest BCUT2D eigenvalue weighted by Gasteiger charge is 2.01. The van der Waals surface area contributed by atoms with Crippen LogP contribution in [0.5, 0.6) is 0 Å². The van der Waals surface area contributed by atoms with E-state index in [0.29, 0.717) is 19.4 Å². The van der Waals surface area contributed by atoms with E-state index < -0.39 is 5.97 Å². The normalized spacial score (nSPS) is 10.2. The molecule has 0 saturated carbocycles. The van der Waals surface area contributed by atoms with Gasteiger partial charge >= 0.3 is 11.9 Å². The van der Waals surface area contributed by atoms with Crippen molar-refractivity contribution in [3.63, 3.8) is 0 Å². The van der Waals surface area contributed by atoms with Crippen molar-refractivity contribution in [2.75, 3.05) is 6.61 Å². The topological polar surface area (TPSA) is 63.6 Å². The van der Waals surface area contributed by atoms with Crippen LogP contribution in [0.3, 0.4) is 0 Å². The molecule has 0 aliphatic rings. The van der Waals surface area contributed by atoms with Gasteiger partial charge < -0.3 is 9.84 Å². The molecule has 0 saturated heterocycles. The number of carboxylic acids is 1. The van der Waals surface area contributed by atoms with E-state index in [2.05, 4.69) is 13.8 Å². The molecule has 0 heterocycles. The van der Waals surface area contributed by atoms with Gasteiger partial charge in [-0.2, -0.15) is 0 Å². The van der Waals surface area contributed by atoms with E-state index in [1.807, 2.05) is 6.92 Å². The number of aliphatic carboxylic acids is 1. The van der Waals surface area contributed by atoms with E-state index in [9.17, 15) is 9.59 Å². The first-order valence-electron chi connectivity index (χ1n) is 12.0. The van der Waals surface area contributed by atoms with Gasteiger partial charge in [-0.3, -0.25) is 9.59 Å². The van der Waals surface area contributed by atoms with Crippen LogP contribution in [-0.2, 0) is 14.3 Å². The van der Waals surface area contributed by atoms with Gasteiger partial charge in [-0.15, -0.1) is 0 Å². The summed E-state index contributed by atoms with van der Waals surface area (Å²) >= 11 is 0. The van der Waals surface area contributed by atoms with Crippen molar-refractivity contribution in [1.82, 2.24) is 0 Å². The zero-order valence-electron chi connectivity index (χ0n) is 19.1. The van der Waals surface area contributed by atoms with E-state index in [1.165, 1.54) is 77.0 Å². The molecular formula is C24H48O4. The Morgan fingerprint density at radius 2 is 0.964 bits per heavy atom. The number of hydrogen-bond donors (Lipinski definition) is 1. The van der Waals surface area contributed by atoms with Gasteiger partial charge in [0.2, 0.25) is 0 Å². The zero-order valence-corrected chi connectivity index (χ0v) is 19.1. The summed E-state index contributed by atoms with van der Waals surface area (Å²) in [6.45, 7) is 7.03. The first-order chi connectivity index (χ1) is 13.6. The molecule has 168 valence electrons. The Hall–Kier alpha value is -1.06. The standard InChI is InChI=1S/C13H26O2.C11H22O2/c1-3-5-6-7-8-9-10-11-13(14)15-12-4-2;1-2-3-4-5-6-7-8-9-10-11(12)13/h3-12H2,1-2H3;2-10H2,1H3,(H,12,13). The maximum Gasteiger partial charge on any atom is 0.305 e. The van der Waals surface area contributed by atoms with Crippen LogP contribution in [0.1, 0.15) is 136 Å². The highest BCUT2D eigenvalue weighted by molar-refractivity contribution is 5.69. The summed E-state index contributed by atoms with van der Waals surface area (Å²) in [6.07, 6.45) is 20.3. The van der Waals surface area contributed by atoms with Crippen molar-refractivity contribution in [1.29, 1.82) is 0 Å². The van der Waals surface area contributed by atoms with E-state index in [4.69, 9.17) is 9.84 Å². The number of carboxylic acid groups (broad SMARTS) is 1. The molecule has 0 unspecified atom stereocenters. The van der Waals surface area contributed by atoms with Crippen molar-refractivity contribution in [3.8, 4) is 0 Å². The largest absolute Gasteiger partial charge is 0.481 e. The molecule has 0 aromatic carbocycles. The quantitative estimate of drug-likeness (QED) is 0.178. The molecule has 0 bridgehead atoms. The minimum atomic E-state index is -0.661. The lowest BCUT2D eigenvalue weighted by Crippen LogP contribution is -2.04. The first kappa shape index (κ1) is 29.1. The molecule has 0 rings (SSSR count). The molecule has 0 aromatic rings. The molecule has 0 spiro atoms. The number of carbonyl (C=O) groups is 2. The summed E-state index contributed by atoms with van der Waals surface area (Å²) in [5.74, 6) is -0.684. The fourth-order valence-corrected chi connectivity index (χ4v) is 2.92. The van der Waals surface area contributed by atoms with Crippen molar-refractivity contribution in [3.05, 3.63) is 0 Å². The van der Waals surface area contributed by atoms with Gasteiger partial charge in [0.1, 0.15) is 0 Å². The third-order valence-corrected chi connectivity index (χ3v) is 4.70. The molecule has 1 N–H and O–H groups in total. The predicted octanol–water partition coefficient (Wildman–Crippen LogP) is 7.68. The Morgan fingerprint density at radius 3 is 1.36 bits per heavy atom. The highest BCUT2D eigenvalue weighted by atomic mass is 16.5. The maximum absolute atomic E-state index is 11.1. The first-order valence-corrected chi connectivity index (χ1v) is 12.0. The summed E-state index contributed by atoms with van der Waals surface area (Å²) in [5, 5.41) is 8.39. The van der Waals surface area contributed by atoms with Crippen LogP contribution in [0.2, 0.25) is 0 Å². The second kappa shape index (κ2) is 25.9. The van der Waals surface area contributed by atoms with Gasteiger partial charge in [-0.25, -0.2) is 0 Å². The van der Waals surface area contributed by atoms with E-state index >= 15 is 0 Å². The Bertz CT molecular complexity index is 329. The van der Waals surface area contributed by atoms with Crippen molar-refractivity contribution < 1.29 is 19.4 Å². The van der Waals surface area contributed by atoms with E-state index in [1.54, 1.807) is 0 Å². The summed E-state index contributed by atoms with van der Waals surface area (Å²) in [4.78, 5) is 21.3. The van der Waals surface area contributed by atoms with Crippen LogP contribution in [0.15, 0.2) is 0 Å². The minimum absolute atomic E-state index is 0.0228. The molecule has 4 heteroatoms. The smallest absolute Gasteiger partial charge is 0.305 e. The van der Waals surface area contributed by atoms with Gasteiger partial charge in [0.05, 0.1) is 6.61 Å². The van der Waals surface area contributed by atoms with Crippen molar-refractivity contribution in [2.45, 2.75) is 136 Å². The molecule has 0 aromatic heterocycles. The van der Waals surface area contributed by atoms with Gasteiger partial charge in [0.15, 0.2) is 0 Å². The lowest BCUT2D eigenvalue weighted by atomic mass is 10.1. The Kier molecular flexibility index (Phi) is 27.0. The van der Waals surface area contributed by atoms with Crippen LogP contribution in [-0.4, -0.2) is 23.7 Å². The summed E-state index contributed by atoms with van der Waals surface area (Å²) in [5.41, 5.74) is 0. The molecule has 0 radical (unpaired) electrons. The number of hydrogen-bond acceptors (Lipinski definition) is 3. The SMILES string of the molecule is CCCCCCCCCC(=O)OCCC.CCCCCCCCCCC(=O)O. The van der Waals surface area contributed by atoms with Crippen LogP contribution in [0.4, 0.5) is 0 Å². The van der Waals surface area contributed by atoms with Crippen LogP contribution in [0.25, 0.3) is 0 Å². The second-order valence-corrected chi connectivity index (χ2v) is 7.71. The number of esters is 1. The lowest BCUT2D eigenvalue weighted by Gasteiger charge is -2.03. The molecule has 28 heavy (non-hydrogen) atoms. The Balaban J connectivity index is 0. The summed E-state index contributed by atoms with van der Waals surface area (Å²) in [6, 6.07) is 0. The van der Waals surface area contributed by atoms with E-state index in [-0.39, 0.29) is 5.97 Å². The predicted molar refractivity (Wildman–Crippen MR) is 119 cm³/mol. The van der Waals surface area contributed by atoms with Crippen LogP contribution < -0.4 is 0 Å². The number of carbonyl (C=O) groups excluding carboxylic acids is 1. The lowest BCUT2D eigenvalue weighted by molar-refractivity contribution is -0.143. The third kappa shape index (κ3) is 29.7. The maximum atomic E-state index is 11.1. The molecular weight excluding hydrogens is 352 g/mol. The zero-order chi connectivity index (χ0) is 21.3. The summed E-state index contributed by atoms with van der Waals surface area (Å²) < 4.78 is 5.00. The summed E-state index contributed by atoms with van der Waals surface area (Å²) in [7, 11) is 0. The molecule has 0 atom stereocenters. The molecule has 0 amide bonds. The van der Waals surface area contributed by atoms with Gasteiger partial charge in [0.25, 0.3) is 0 Å². The van der Waals surface area contributed by atoms with Crippen molar-refractivity contribution >= 4 is 11.9 Å². The van der Waals surface area contributed by atoms with Gasteiger partial charge in [0, 0.05) is 12.8 Å². The fraction of sp³-hybridized carbons (Fsp3) is 0.917. The Labute approximate surface area is 174 Å². The second-order valence-electron chi connectivity index (χ2n) is 7.71. The van der Waals surface area contributed by atoms with Crippen LogP contribution in [0, 0.1) is 0 Å². The Morgan fingerprint density at radius 1 is 0.571 bits per heavy atom.